The van der Waals surface area contributed by atoms with E-state index >= 15 is 0 Å². The van der Waals surface area contributed by atoms with E-state index in [1.807, 2.05) is 73.7 Å². The fourth-order valence-corrected chi connectivity index (χ4v) is 3.34. The third-order valence-electron chi connectivity index (χ3n) is 3.90. The first-order chi connectivity index (χ1) is 14.6. The van der Waals surface area contributed by atoms with Gasteiger partial charge in [-0.05, 0) is 79.5 Å². The zero-order valence-electron chi connectivity index (χ0n) is 16.5. The average molecular weight is 444 g/mol. The molecule has 5 nitrogen and oxygen atoms in total. The molecule has 0 spiro atoms. The van der Waals surface area contributed by atoms with Crippen molar-refractivity contribution in [3.63, 3.8) is 0 Å². The minimum atomic E-state index is -0.410. The number of carbonyl (C=O) groups excluding carboxylic acids is 1. The first-order valence-electron chi connectivity index (χ1n) is 9.47. The quantitative estimate of drug-likeness (QED) is 0.273. The Hall–Kier alpha value is -2.83. The molecule has 0 saturated heterocycles. The molecule has 3 aromatic carbocycles. The molecule has 0 aromatic heterocycles. The van der Waals surface area contributed by atoms with Crippen LogP contribution in [-0.4, -0.2) is 30.2 Å². The molecule has 3 aromatic rings. The second-order valence-corrected chi connectivity index (χ2v) is 7.62. The fraction of sp³-hybridized carbons (Fsp3) is 0.174. The summed E-state index contributed by atoms with van der Waals surface area (Å²) in [5.41, 5.74) is 0. The lowest BCUT2D eigenvalue weighted by atomic mass is 10.3. The Morgan fingerprint density at radius 2 is 1.50 bits per heavy atom. The van der Waals surface area contributed by atoms with Crippen LogP contribution in [0.5, 0.6) is 17.2 Å². The third-order valence-corrected chi connectivity index (χ3v) is 5.26. The summed E-state index contributed by atoms with van der Waals surface area (Å²) in [6.07, 6.45) is -0.410. The Kier molecular flexibility index (Phi) is 8.30. The summed E-state index contributed by atoms with van der Waals surface area (Å²) in [5.74, 6) is 2.17. The smallest absolute Gasteiger partial charge is 0.420 e. The van der Waals surface area contributed by atoms with Crippen LogP contribution in [0, 0.1) is 0 Å². The highest BCUT2D eigenvalue weighted by atomic mass is 35.5. The van der Waals surface area contributed by atoms with Crippen LogP contribution in [-0.2, 0) is 4.74 Å². The Morgan fingerprint density at radius 1 is 0.867 bits per heavy atom. The van der Waals surface area contributed by atoms with E-state index in [9.17, 15) is 4.79 Å². The molecule has 0 radical (unpaired) electrons. The Bertz CT molecular complexity index is 920. The van der Waals surface area contributed by atoms with Crippen molar-refractivity contribution in [2.75, 3.05) is 19.8 Å². The number of rotatable bonds is 9. The molecule has 0 atom stereocenters. The van der Waals surface area contributed by atoms with Crippen LogP contribution < -0.4 is 9.47 Å². The third kappa shape index (κ3) is 6.90. The van der Waals surface area contributed by atoms with Gasteiger partial charge < -0.3 is 14.2 Å². The highest BCUT2D eigenvalue weighted by molar-refractivity contribution is 7.97. The minimum Gasteiger partial charge on any atom is -0.490 e. The number of halogens is 1. The SMILES string of the molecule is CCN(Sc1ccc(Cl)cc1)C(=O)OCCOc1ccc(Oc2ccccc2)cc1. The second-order valence-electron chi connectivity index (χ2n) is 6.09. The van der Waals surface area contributed by atoms with Gasteiger partial charge in [-0.3, -0.25) is 0 Å². The van der Waals surface area contributed by atoms with Crippen molar-refractivity contribution in [3.8, 4) is 17.2 Å². The molecular weight excluding hydrogens is 422 g/mol. The molecule has 0 fully saturated rings. The van der Waals surface area contributed by atoms with Crippen molar-refractivity contribution in [1.29, 1.82) is 0 Å². The molecule has 7 heteroatoms. The first kappa shape index (κ1) is 21.9. The van der Waals surface area contributed by atoms with Gasteiger partial charge in [0.2, 0.25) is 0 Å². The zero-order chi connectivity index (χ0) is 21.2. The molecule has 0 aliphatic carbocycles. The summed E-state index contributed by atoms with van der Waals surface area (Å²) >= 11 is 7.20. The molecule has 0 saturated carbocycles. The van der Waals surface area contributed by atoms with E-state index in [1.165, 1.54) is 11.9 Å². The van der Waals surface area contributed by atoms with E-state index in [2.05, 4.69) is 0 Å². The van der Waals surface area contributed by atoms with E-state index in [4.69, 9.17) is 25.8 Å². The standard InChI is InChI=1S/C23H22ClNO4S/c1-2-25(30-22-14-8-18(24)9-15-22)23(26)28-17-16-27-19-10-12-21(13-11-19)29-20-6-4-3-5-7-20/h3-15H,2,16-17H2,1H3. The Labute approximate surface area is 185 Å². The van der Waals surface area contributed by atoms with E-state index in [-0.39, 0.29) is 13.2 Å². The molecule has 1 amide bonds. The molecule has 0 aliphatic rings. The summed E-state index contributed by atoms with van der Waals surface area (Å²) in [6, 6.07) is 24.1. The minimum absolute atomic E-state index is 0.152. The normalized spacial score (nSPS) is 10.3. The van der Waals surface area contributed by atoms with Crippen LogP contribution in [0.4, 0.5) is 4.79 Å². The molecule has 0 heterocycles. The molecule has 3 rings (SSSR count). The lowest BCUT2D eigenvalue weighted by molar-refractivity contribution is 0.111. The van der Waals surface area contributed by atoms with Crippen molar-refractivity contribution in [2.24, 2.45) is 0 Å². The van der Waals surface area contributed by atoms with Crippen molar-refractivity contribution in [1.82, 2.24) is 4.31 Å². The number of carbonyl (C=O) groups is 1. The van der Waals surface area contributed by atoms with Gasteiger partial charge in [-0.1, -0.05) is 29.8 Å². The first-order valence-corrected chi connectivity index (χ1v) is 10.6. The van der Waals surface area contributed by atoms with E-state index in [1.54, 1.807) is 16.4 Å². The van der Waals surface area contributed by atoms with Crippen LogP contribution >= 0.6 is 23.5 Å². The van der Waals surface area contributed by atoms with Gasteiger partial charge in [0.25, 0.3) is 0 Å². The van der Waals surface area contributed by atoms with Gasteiger partial charge in [0.15, 0.2) is 0 Å². The highest BCUT2D eigenvalue weighted by Crippen LogP contribution is 2.25. The lowest BCUT2D eigenvalue weighted by Gasteiger charge is -2.19. The number of nitrogens with zero attached hydrogens (tertiary/aromatic N) is 1. The summed E-state index contributed by atoms with van der Waals surface area (Å²) < 4.78 is 18.2. The molecule has 30 heavy (non-hydrogen) atoms. The number of benzene rings is 3. The van der Waals surface area contributed by atoms with Crippen molar-refractivity contribution >= 4 is 29.6 Å². The van der Waals surface area contributed by atoms with Crippen LogP contribution in [0.3, 0.4) is 0 Å². The van der Waals surface area contributed by atoms with Crippen molar-refractivity contribution in [3.05, 3.63) is 83.9 Å². The topological polar surface area (TPSA) is 48.0 Å². The summed E-state index contributed by atoms with van der Waals surface area (Å²) in [7, 11) is 0. The maximum Gasteiger partial charge on any atom is 0.420 e. The van der Waals surface area contributed by atoms with E-state index in [0.717, 1.165) is 16.4 Å². The predicted octanol–water partition coefficient (Wildman–Crippen LogP) is 6.68. The maximum atomic E-state index is 12.3. The van der Waals surface area contributed by atoms with Crippen LogP contribution in [0.2, 0.25) is 5.02 Å². The fourth-order valence-electron chi connectivity index (χ4n) is 2.44. The van der Waals surface area contributed by atoms with Crippen molar-refractivity contribution < 1.29 is 19.0 Å². The van der Waals surface area contributed by atoms with Crippen molar-refractivity contribution in [2.45, 2.75) is 11.8 Å². The monoisotopic (exact) mass is 443 g/mol. The molecule has 0 unspecified atom stereocenters. The number of hydrogen-bond donors (Lipinski definition) is 0. The zero-order valence-corrected chi connectivity index (χ0v) is 18.1. The Morgan fingerprint density at radius 3 is 2.17 bits per heavy atom. The number of ether oxygens (including phenoxy) is 3. The highest BCUT2D eigenvalue weighted by Gasteiger charge is 2.15. The summed E-state index contributed by atoms with van der Waals surface area (Å²) in [4.78, 5) is 13.2. The maximum absolute atomic E-state index is 12.3. The lowest BCUT2D eigenvalue weighted by Crippen LogP contribution is -2.26. The molecule has 0 aliphatic heterocycles. The van der Waals surface area contributed by atoms with Gasteiger partial charge in [-0.15, -0.1) is 0 Å². The van der Waals surface area contributed by atoms with Crippen LogP contribution in [0.1, 0.15) is 6.92 Å². The summed E-state index contributed by atoms with van der Waals surface area (Å²) in [5, 5.41) is 0.654. The number of amides is 1. The molecule has 0 bridgehead atoms. The van der Waals surface area contributed by atoms with Crippen LogP contribution in [0.15, 0.2) is 83.8 Å². The van der Waals surface area contributed by atoms with Gasteiger partial charge >= 0.3 is 6.09 Å². The number of para-hydroxylation sites is 1. The van der Waals surface area contributed by atoms with E-state index < -0.39 is 6.09 Å². The van der Waals surface area contributed by atoms with Gasteiger partial charge in [0.05, 0.1) is 0 Å². The number of hydrogen-bond acceptors (Lipinski definition) is 5. The molecular formula is C23H22ClNO4S. The average Bonchev–Trinajstić information content (AvgIpc) is 2.78. The molecule has 156 valence electrons. The largest absolute Gasteiger partial charge is 0.490 e. The second kappa shape index (κ2) is 11.4. The van der Waals surface area contributed by atoms with Gasteiger partial charge in [0, 0.05) is 16.5 Å². The van der Waals surface area contributed by atoms with Gasteiger partial charge in [-0.2, -0.15) is 0 Å². The summed E-state index contributed by atoms with van der Waals surface area (Å²) in [6.45, 7) is 2.81. The van der Waals surface area contributed by atoms with Crippen LogP contribution in [0.25, 0.3) is 0 Å². The van der Waals surface area contributed by atoms with Gasteiger partial charge in [-0.25, -0.2) is 9.10 Å². The molecule has 0 N–H and O–H groups in total. The predicted molar refractivity (Wildman–Crippen MR) is 119 cm³/mol. The van der Waals surface area contributed by atoms with E-state index in [0.29, 0.717) is 17.3 Å². The Balaban J connectivity index is 1.40. The van der Waals surface area contributed by atoms with Gasteiger partial charge in [0.1, 0.15) is 30.5 Å².